The summed E-state index contributed by atoms with van der Waals surface area (Å²) in [4.78, 5) is 0. The van der Waals surface area contributed by atoms with Crippen LogP contribution in [0.4, 0.5) is 4.39 Å². The molecule has 0 radical (unpaired) electrons. The Kier molecular flexibility index (Phi) is 4.86. The van der Waals surface area contributed by atoms with Gasteiger partial charge in [-0.1, -0.05) is 30.3 Å². The van der Waals surface area contributed by atoms with Gasteiger partial charge in [0, 0.05) is 18.6 Å². The Balaban J connectivity index is 1.74. The van der Waals surface area contributed by atoms with Crippen molar-refractivity contribution in [2.75, 3.05) is 6.61 Å². The minimum Gasteiger partial charge on any atom is -0.456 e. The second kappa shape index (κ2) is 6.85. The molecule has 0 saturated carbocycles. The van der Waals surface area contributed by atoms with E-state index in [4.69, 9.17) is 21.7 Å². The van der Waals surface area contributed by atoms with Gasteiger partial charge in [-0.25, -0.2) is 4.39 Å². The molecule has 0 saturated heterocycles. The first-order chi connectivity index (χ1) is 9.24. The summed E-state index contributed by atoms with van der Waals surface area (Å²) in [7, 11) is 0. The topological polar surface area (TPSA) is 18.5 Å². The largest absolute Gasteiger partial charge is 0.456 e. The van der Waals surface area contributed by atoms with Crippen LogP contribution in [0.3, 0.4) is 0 Å². The van der Waals surface area contributed by atoms with Gasteiger partial charge in [0.2, 0.25) is 0 Å². The van der Waals surface area contributed by atoms with E-state index >= 15 is 0 Å². The summed E-state index contributed by atoms with van der Waals surface area (Å²) >= 11 is 4.95. The fourth-order valence-corrected chi connectivity index (χ4v) is 1.70. The Morgan fingerprint density at radius 2 is 1.68 bits per heavy atom. The van der Waals surface area contributed by atoms with Crippen LogP contribution in [0, 0.1) is 5.82 Å². The third-order valence-corrected chi connectivity index (χ3v) is 2.67. The molecule has 2 rings (SSSR count). The minimum absolute atomic E-state index is 0.0440. The summed E-state index contributed by atoms with van der Waals surface area (Å²) in [5.41, 5.74) is 1.17. The molecule has 0 unspecified atom stereocenters. The van der Waals surface area contributed by atoms with Gasteiger partial charge in [0.25, 0.3) is 0 Å². The van der Waals surface area contributed by atoms with Gasteiger partial charge in [0.15, 0.2) is 0 Å². The Labute approximate surface area is 116 Å². The van der Waals surface area contributed by atoms with E-state index in [9.17, 15) is 4.39 Å². The number of ether oxygens (including phenoxy) is 2. The van der Waals surface area contributed by atoms with Crippen molar-refractivity contribution in [2.24, 2.45) is 0 Å². The van der Waals surface area contributed by atoms with Gasteiger partial charge in [0.05, 0.1) is 6.61 Å². The zero-order valence-electron chi connectivity index (χ0n) is 10.2. The number of thiocarbonyl (C=S) groups is 1. The molecule has 4 heteroatoms. The van der Waals surface area contributed by atoms with Crippen LogP contribution < -0.4 is 4.74 Å². The molecule has 0 atom stereocenters. The van der Waals surface area contributed by atoms with E-state index in [0.29, 0.717) is 12.4 Å². The highest BCUT2D eigenvalue weighted by Crippen LogP contribution is 2.12. The number of benzene rings is 2. The first-order valence-electron chi connectivity index (χ1n) is 5.88. The van der Waals surface area contributed by atoms with Gasteiger partial charge in [-0.2, -0.15) is 0 Å². The molecular weight excluding hydrogens is 263 g/mol. The van der Waals surface area contributed by atoms with E-state index in [2.05, 4.69) is 0 Å². The molecule has 19 heavy (non-hydrogen) atoms. The monoisotopic (exact) mass is 276 g/mol. The van der Waals surface area contributed by atoms with Crippen molar-refractivity contribution >= 4 is 17.5 Å². The number of rotatable bonds is 4. The zero-order valence-corrected chi connectivity index (χ0v) is 11.0. The second-order valence-electron chi connectivity index (χ2n) is 3.89. The van der Waals surface area contributed by atoms with Gasteiger partial charge in [0.1, 0.15) is 11.6 Å². The van der Waals surface area contributed by atoms with E-state index in [1.807, 2.05) is 30.3 Å². The predicted octanol–water partition coefficient (Wildman–Crippen LogP) is 3.75. The van der Waals surface area contributed by atoms with Crippen molar-refractivity contribution in [1.82, 2.24) is 0 Å². The summed E-state index contributed by atoms with van der Waals surface area (Å²) in [6.45, 7) is 0.448. The van der Waals surface area contributed by atoms with Crippen LogP contribution in [0.15, 0.2) is 54.6 Å². The van der Waals surface area contributed by atoms with Crippen LogP contribution in [-0.2, 0) is 11.2 Å². The summed E-state index contributed by atoms with van der Waals surface area (Å²) in [6, 6.07) is 15.6. The Bertz CT molecular complexity index is 526. The standard InChI is InChI=1S/C15H13FO2S/c16-13-6-8-14(9-7-13)18-15(19)17-11-10-12-4-2-1-3-5-12/h1-9H,10-11H2. The molecule has 2 aromatic carbocycles. The highest BCUT2D eigenvalue weighted by atomic mass is 32.1. The van der Waals surface area contributed by atoms with Crippen molar-refractivity contribution in [3.63, 3.8) is 0 Å². The lowest BCUT2D eigenvalue weighted by atomic mass is 10.2. The molecule has 0 spiro atoms. The lowest BCUT2D eigenvalue weighted by Gasteiger charge is -2.08. The first-order valence-corrected chi connectivity index (χ1v) is 6.29. The fourth-order valence-electron chi connectivity index (χ4n) is 1.53. The van der Waals surface area contributed by atoms with Crippen molar-refractivity contribution < 1.29 is 13.9 Å². The first kappa shape index (κ1) is 13.5. The van der Waals surface area contributed by atoms with Gasteiger partial charge in [-0.05, 0) is 29.8 Å². The molecule has 0 N–H and O–H groups in total. The molecule has 0 aliphatic heterocycles. The predicted molar refractivity (Wildman–Crippen MR) is 75.7 cm³/mol. The van der Waals surface area contributed by atoms with Crippen LogP contribution in [0.5, 0.6) is 5.75 Å². The molecule has 98 valence electrons. The van der Waals surface area contributed by atoms with E-state index in [1.165, 1.54) is 29.8 Å². The second-order valence-corrected chi connectivity index (χ2v) is 4.22. The molecule has 0 fully saturated rings. The van der Waals surface area contributed by atoms with Crippen molar-refractivity contribution in [3.8, 4) is 5.75 Å². The van der Waals surface area contributed by atoms with E-state index in [0.717, 1.165) is 6.42 Å². The Morgan fingerprint density at radius 1 is 1.00 bits per heavy atom. The minimum atomic E-state index is -0.316. The quantitative estimate of drug-likeness (QED) is 0.792. The summed E-state index contributed by atoms with van der Waals surface area (Å²) in [5, 5.41) is 0.0440. The van der Waals surface area contributed by atoms with Gasteiger partial charge >= 0.3 is 5.24 Å². The molecule has 0 aliphatic carbocycles. The van der Waals surface area contributed by atoms with Gasteiger partial charge < -0.3 is 9.47 Å². The highest BCUT2D eigenvalue weighted by molar-refractivity contribution is 7.79. The third-order valence-electron chi connectivity index (χ3n) is 2.47. The molecule has 0 heterocycles. The molecule has 0 bridgehead atoms. The van der Waals surface area contributed by atoms with E-state index < -0.39 is 0 Å². The summed E-state index contributed by atoms with van der Waals surface area (Å²) in [6.07, 6.45) is 0.758. The maximum Gasteiger partial charge on any atom is 0.357 e. The average Bonchev–Trinajstić information content (AvgIpc) is 2.43. The summed E-state index contributed by atoms with van der Waals surface area (Å²) in [5.74, 6) is 0.148. The molecule has 0 amide bonds. The highest BCUT2D eigenvalue weighted by Gasteiger charge is 2.02. The Morgan fingerprint density at radius 3 is 2.37 bits per heavy atom. The van der Waals surface area contributed by atoms with E-state index in [-0.39, 0.29) is 11.1 Å². The lowest BCUT2D eigenvalue weighted by Crippen LogP contribution is -2.12. The lowest BCUT2D eigenvalue weighted by molar-refractivity contribution is 0.251. The van der Waals surface area contributed by atoms with Crippen molar-refractivity contribution in [2.45, 2.75) is 6.42 Å². The molecule has 0 aromatic heterocycles. The van der Waals surface area contributed by atoms with Crippen molar-refractivity contribution in [3.05, 3.63) is 66.0 Å². The number of hydrogen-bond donors (Lipinski definition) is 0. The van der Waals surface area contributed by atoms with Gasteiger partial charge in [-0.15, -0.1) is 0 Å². The van der Waals surface area contributed by atoms with Crippen molar-refractivity contribution in [1.29, 1.82) is 0 Å². The molecule has 2 nitrogen and oxygen atoms in total. The van der Waals surface area contributed by atoms with Crippen LogP contribution in [-0.4, -0.2) is 11.8 Å². The smallest absolute Gasteiger partial charge is 0.357 e. The van der Waals surface area contributed by atoms with Crippen LogP contribution >= 0.6 is 12.2 Å². The summed E-state index contributed by atoms with van der Waals surface area (Å²) < 4.78 is 23.2. The average molecular weight is 276 g/mol. The molecular formula is C15H13FO2S. The van der Waals surface area contributed by atoms with Crippen LogP contribution in [0.25, 0.3) is 0 Å². The molecule has 0 aliphatic rings. The van der Waals surface area contributed by atoms with Gasteiger partial charge in [-0.3, -0.25) is 0 Å². The number of hydrogen-bond acceptors (Lipinski definition) is 3. The van der Waals surface area contributed by atoms with Crippen LogP contribution in [0.1, 0.15) is 5.56 Å². The maximum absolute atomic E-state index is 12.7. The zero-order chi connectivity index (χ0) is 13.5. The Hall–Kier alpha value is -1.94. The third kappa shape index (κ3) is 4.67. The maximum atomic E-state index is 12.7. The normalized spacial score (nSPS) is 9.95. The fraction of sp³-hybridized carbons (Fsp3) is 0.133. The SMILES string of the molecule is Fc1ccc(OC(=S)OCCc2ccccc2)cc1. The van der Waals surface area contributed by atoms with E-state index in [1.54, 1.807) is 0 Å². The number of halogens is 1. The molecule has 2 aromatic rings. The van der Waals surface area contributed by atoms with Crippen LogP contribution in [0.2, 0.25) is 0 Å².